The molecular formula is C13H27O3S-. The molecule has 0 saturated carbocycles. The minimum atomic E-state index is -4.09. The van der Waals surface area contributed by atoms with Gasteiger partial charge in [-0.1, -0.05) is 65.2 Å². The largest absolute Gasteiger partial charge is 0.748 e. The van der Waals surface area contributed by atoms with E-state index in [1.807, 2.05) is 0 Å². The van der Waals surface area contributed by atoms with Crippen molar-refractivity contribution in [3.05, 3.63) is 0 Å². The zero-order chi connectivity index (χ0) is 13.1. The van der Waals surface area contributed by atoms with Crippen LogP contribution in [0.25, 0.3) is 0 Å². The van der Waals surface area contributed by atoms with Crippen LogP contribution < -0.4 is 0 Å². The van der Waals surface area contributed by atoms with E-state index >= 15 is 0 Å². The molecule has 0 aliphatic carbocycles. The summed E-state index contributed by atoms with van der Waals surface area (Å²) < 4.78 is 33.3. The number of hydrogen-bond acceptors (Lipinski definition) is 3. The highest BCUT2D eigenvalue weighted by Crippen LogP contribution is 2.17. The van der Waals surface area contributed by atoms with Gasteiger partial charge in [0, 0.05) is 5.25 Å². The molecule has 104 valence electrons. The molecule has 17 heavy (non-hydrogen) atoms. The van der Waals surface area contributed by atoms with Crippen LogP contribution in [0.3, 0.4) is 0 Å². The first kappa shape index (κ1) is 16.9. The third-order valence-electron chi connectivity index (χ3n) is 3.17. The second kappa shape index (κ2) is 9.89. The Bertz CT molecular complexity index is 260. The lowest BCUT2D eigenvalue weighted by Crippen LogP contribution is -2.20. The zero-order valence-electron chi connectivity index (χ0n) is 11.3. The number of unbranched alkanes of at least 4 members (excludes halogenated alkanes) is 6. The normalized spacial score (nSPS) is 13.8. The van der Waals surface area contributed by atoms with Gasteiger partial charge >= 0.3 is 0 Å². The monoisotopic (exact) mass is 263 g/mol. The van der Waals surface area contributed by atoms with Gasteiger partial charge in [0.15, 0.2) is 0 Å². The molecule has 0 aromatic rings. The molecule has 0 amide bonds. The Kier molecular flexibility index (Phi) is 9.84. The minimum absolute atomic E-state index is 0.549. The average Bonchev–Trinajstić information content (AvgIpc) is 2.25. The second-order valence-electron chi connectivity index (χ2n) is 4.81. The molecule has 0 spiro atoms. The van der Waals surface area contributed by atoms with Crippen molar-refractivity contribution in [2.75, 3.05) is 0 Å². The minimum Gasteiger partial charge on any atom is -0.748 e. The van der Waals surface area contributed by atoms with Crippen LogP contribution in [0.15, 0.2) is 0 Å². The van der Waals surface area contributed by atoms with Crippen LogP contribution in [-0.4, -0.2) is 18.2 Å². The third-order valence-corrected chi connectivity index (χ3v) is 4.46. The van der Waals surface area contributed by atoms with Gasteiger partial charge in [-0.15, -0.1) is 0 Å². The summed E-state index contributed by atoms with van der Waals surface area (Å²) in [6.45, 7) is 4.22. The molecule has 0 fully saturated rings. The summed E-state index contributed by atoms with van der Waals surface area (Å²) in [6, 6.07) is 0. The van der Waals surface area contributed by atoms with Crippen molar-refractivity contribution in [2.45, 2.75) is 83.3 Å². The Labute approximate surface area is 107 Å². The van der Waals surface area contributed by atoms with Crippen LogP contribution in [0.2, 0.25) is 0 Å². The first-order valence-corrected chi connectivity index (χ1v) is 8.44. The van der Waals surface area contributed by atoms with Gasteiger partial charge in [-0.05, 0) is 12.8 Å². The molecule has 0 bridgehead atoms. The van der Waals surface area contributed by atoms with Crippen molar-refractivity contribution < 1.29 is 13.0 Å². The van der Waals surface area contributed by atoms with Crippen molar-refractivity contribution in [3.8, 4) is 0 Å². The SMILES string of the molecule is CCCCCCCC(CCCCC)S(=O)(=O)[O-]. The number of rotatable bonds is 11. The molecule has 0 aromatic carbocycles. The van der Waals surface area contributed by atoms with Crippen molar-refractivity contribution in [1.29, 1.82) is 0 Å². The standard InChI is InChI=1S/C13H28O3S/c1-3-5-7-8-10-12-13(17(14,15)16)11-9-6-4-2/h13H,3-12H2,1-2H3,(H,14,15,16)/p-1. The molecule has 0 rings (SSSR count). The summed E-state index contributed by atoms with van der Waals surface area (Å²) in [7, 11) is -4.09. The topological polar surface area (TPSA) is 57.2 Å². The Hall–Kier alpha value is -0.0900. The summed E-state index contributed by atoms with van der Waals surface area (Å²) >= 11 is 0. The molecule has 0 saturated heterocycles. The van der Waals surface area contributed by atoms with Gasteiger partial charge in [0.25, 0.3) is 0 Å². The maximum absolute atomic E-state index is 11.1. The van der Waals surface area contributed by atoms with Gasteiger partial charge in [0.1, 0.15) is 0 Å². The predicted molar refractivity (Wildman–Crippen MR) is 71.0 cm³/mol. The molecule has 1 unspecified atom stereocenters. The van der Waals surface area contributed by atoms with Gasteiger partial charge < -0.3 is 4.55 Å². The first-order valence-electron chi connectivity index (χ1n) is 6.97. The van der Waals surface area contributed by atoms with Crippen LogP contribution in [0.4, 0.5) is 0 Å². The van der Waals surface area contributed by atoms with E-state index in [0.29, 0.717) is 12.8 Å². The lowest BCUT2D eigenvalue weighted by atomic mass is 10.1. The highest BCUT2D eigenvalue weighted by molar-refractivity contribution is 7.86. The molecular weight excluding hydrogens is 236 g/mol. The van der Waals surface area contributed by atoms with E-state index in [1.165, 1.54) is 12.8 Å². The predicted octanol–water partition coefficient (Wildman–Crippen LogP) is 3.84. The van der Waals surface area contributed by atoms with E-state index < -0.39 is 15.4 Å². The van der Waals surface area contributed by atoms with Gasteiger partial charge in [-0.3, -0.25) is 0 Å². The van der Waals surface area contributed by atoms with Gasteiger partial charge in [0.05, 0.1) is 10.1 Å². The molecule has 0 N–H and O–H groups in total. The van der Waals surface area contributed by atoms with Crippen molar-refractivity contribution in [2.24, 2.45) is 0 Å². The molecule has 1 atom stereocenters. The van der Waals surface area contributed by atoms with E-state index in [4.69, 9.17) is 0 Å². The average molecular weight is 263 g/mol. The van der Waals surface area contributed by atoms with Crippen LogP contribution in [-0.2, 0) is 10.1 Å². The van der Waals surface area contributed by atoms with Crippen LogP contribution in [0.5, 0.6) is 0 Å². The fourth-order valence-corrected chi connectivity index (χ4v) is 2.94. The molecule has 0 radical (unpaired) electrons. The maximum atomic E-state index is 11.1. The molecule has 4 heteroatoms. The van der Waals surface area contributed by atoms with Crippen LogP contribution >= 0.6 is 0 Å². The van der Waals surface area contributed by atoms with Crippen LogP contribution in [0, 0.1) is 0 Å². The van der Waals surface area contributed by atoms with E-state index in [-0.39, 0.29) is 0 Å². The summed E-state index contributed by atoms with van der Waals surface area (Å²) in [6.07, 6.45) is 9.49. The van der Waals surface area contributed by atoms with Gasteiger partial charge in [-0.2, -0.15) is 0 Å². The molecule has 3 nitrogen and oxygen atoms in total. The Morgan fingerprint density at radius 3 is 1.71 bits per heavy atom. The third kappa shape index (κ3) is 9.60. The summed E-state index contributed by atoms with van der Waals surface area (Å²) in [5.74, 6) is 0. The molecule has 0 aliphatic heterocycles. The molecule has 0 aliphatic rings. The summed E-state index contributed by atoms with van der Waals surface area (Å²) in [5.41, 5.74) is 0. The zero-order valence-corrected chi connectivity index (χ0v) is 12.1. The van der Waals surface area contributed by atoms with Gasteiger partial charge in [-0.25, -0.2) is 8.42 Å². The summed E-state index contributed by atoms with van der Waals surface area (Å²) in [4.78, 5) is 0. The fourth-order valence-electron chi connectivity index (χ4n) is 2.03. The van der Waals surface area contributed by atoms with Crippen molar-refractivity contribution in [3.63, 3.8) is 0 Å². The first-order chi connectivity index (χ1) is 8.02. The van der Waals surface area contributed by atoms with E-state index in [2.05, 4.69) is 13.8 Å². The second-order valence-corrected chi connectivity index (χ2v) is 6.47. The Balaban J connectivity index is 3.87. The summed E-state index contributed by atoms with van der Waals surface area (Å²) in [5, 5.41) is -0.643. The quantitative estimate of drug-likeness (QED) is 0.420. The van der Waals surface area contributed by atoms with E-state index in [0.717, 1.165) is 38.5 Å². The molecule has 0 aromatic heterocycles. The van der Waals surface area contributed by atoms with Crippen molar-refractivity contribution in [1.82, 2.24) is 0 Å². The van der Waals surface area contributed by atoms with Crippen LogP contribution in [0.1, 0.15) is 78.1 Å². The number of hydrogen-bond donors (Lipinski definition) is 0. The lowest BCUT2D eigenvalue weighted by Gasteiger charge is -2.20. The Morgan fingerprint density at radius 1 is 0.824 bits per heavy atom. The maximum Gasteiger partial charge on any atom is 0.0975 e. The lowest BCUT2D eigenvalue weighted by molar-refractivity contribution is 0.429. The van der Waals surface area contributed by atoms with E-state index in [1.54, 1.807) is 0 Å². The van der Waals surface area contributed by atoms with E-state index in [9.17, 15) is 13.0 Å². The van der Waals surface area contributed by atoms with Crippen molar-refractivity contribution >= 4 is 10.1 Å². The molecule has 0 heterocycles. The fraction of sp³-hybridized carbons (Fsp3) is 1.00. The van der Waals surface area contributed by atoms with Gasteiger partial charge in [0.2, 0.25) is 0 Å². The smallest absolute Gasteiger partial charge is 0.0975 e. The Morgan fingerprint density at radius 2 is 1.24 bits per heavy atom. The highest BCUT2D eigenvalue weighted by Gasteiger charge is 2.15. The highest BCUT2D eigenvalue weighted by atomic mass is 32.2.